The molecular formula is C25H30N2O6. The molecule has 3 rings (SSSR count). The van der Waals surface area contributed by atoms with E-state index in [-0.39, 0.29) is 19.1 Å². The molecule has 0 fully saturated rings. The highest BCUT2D eigenvalue weighted by molar-refractivity contribution is 5.86. The fraction of sp³-hybridized carbons (Fsp3) is 0.400. The van der Waals surface area contributed by atoms with Gasteiger partial charge in [0.05, 0.1) is 12.0 Å². The highest BCUT2D eigenvalue weighted by Gasteiger charge is 2.31. The van der Waals surface area contributed by atoms with Crippen LogP contribution in [0.4, 0.5) is 4.79 Å². The van der Waals surface area contributed by atoms with E-state index < -0.39 is 36.0 Å². The summed E-state index contributed by atoms with van der Waals surface area (Å²) in [5.74, 6) is -2.30. The molecule has 3 N–H and O–H groups in total. The van der Waals surface area contributed by atoms with Gasteiger partial charge in [-0.25, -0.2) is 9.59 Å². The van der Waals surface area contributed by atoms with E-state index in [0.717, 1.165) is 22.3 Å². The molecule has 0 aromatic heterocycles. The number of alkyl carbamates (subject to hydrolysis) is 1. The van der Waals surface area contributed by atoms with Crippen molar-refractivity contribution in [3.05, 3.63) is 59.7 Å². The van der Waals surface area contributed by atoms with Crippen LogP contribution in [0, 0.1) is 5.92 Å². The second-order valence-corrected chi connectivity index (χ2v) is 8.08. The highest BCUT2D eigenvalue weighted by atomic mass is 16.5. The van der Waals surface area contributed by atoms with Crippen LogP contribution < -0.4 is 10.6 Å². The number of carbonyl (C=O) groups excluding carboxylic acids is 2. The number of amides is 2. The molecule has 0 radical (unpaired) electrons. The summed E-state index contributed by atoms with van der Waals surface area (Å²) in [5, 5.41) is 14.4. The molecule has 1 aliphatic carbocycles. The van der Waals surface area contributed by atoms with Gasteiger partial charge in [0.2, 0.25) is 5.91 Å². The predicted octanol–water partition coefficient (Wildman–Crippen LogP) is 3.16. The zero-order chi connectivity index (χ0) is 24.0. The molecule has 8 heteroatoms. The van der Waals surface area contributed by atoms with Crippen molar-refractivity contribution in [3.63, 3.8) is 0 Å². The molecule has 0 saturated carbocycles. The zero-order valence-corrected chi connectivity index (χ0v) is 19.0. The SMILES string of the molecule is CCC(CNC(=O)OCC1c2ccccc2-c2ccccc21)C(=O)N[C@H](C(=O)O)[C@@H](C)OC. The van der Waals surface area contributed by atoms with Gasteiger partial charge >= 0.3 is 12.1 Å². The summed E-state index contributed by atoms with van der Waals surface area (Å²) in [6.45, 7) is 3.57. The van der Waals surface area contributed by atoms with Crippen LogP contribution in [0.15, 0.2) is 48.5 Å². The van der Waals surface area contributed by atoms with Crippen molar-refractivity contribution in [1.82, 2.24) is 10.6 Å². The lowest BCUT2D eigenvalue weighted by Gasteiger charge is -2.23. The molecule has 0 bridgehead atoms. The molecule has 1 aliphatic rings. The van der Waals surface area contributed by atoms with Gasteiger partial charge in [0, 0.05) is 19.6 Å². The monoisotopic (exact) mass is 454 g/mol. The summed E-state index contributed by atoms with van der Waals surface area (Å²) >= 11 is 0. The van der Waals surface area contributed by atoms with E-state index in [9.17, 15) is 19.5 Å². The first-order chi connectivity index (χ1) is 15.9. The summed E-state index contributed by atoms with van der Waals surface area (Å²) in [5.41, 5.74) is 4.51. The summed E-state index contributed by atoms with van der Waals surface area (Å²) in [6, 6.07) is 14.9. The van der Waals surface area contributed by atoms with Crippen molar-refractivity contribution >= 4 is 18.0 Å². The lowest BCUT2D eigenvalue weighted by atomic mass is 9.98. The number of hydrogen-bond acceptors (Lipinski definition) is 5. The Labute approximate surface area is 193 Å². The van der Waals surface area contributed by atoms with Crippen molar-refractivity contribution in [2.45, 2.75) is 38.3 Å². The number of carboxylic acid groups (broad SMARTS) is 1. The van der Waals surface area contributed by atoms with Crippen LogP contribution in [-0.4, -0.2) is 55.5 Å². The van der Waals surface area contributed by atoms with Gasteiger partial charge in [-0.2, -0.15) is 0 Å². The molecule has 3 atom stereocenters. The van der Waals surface area contributed by atoms with Gasteiger partial charge < -0.3 is 25.2 Å². The number of carboxylic acids is 1. The maximum absolute atomic E-state index is 12.5. The Morgan fingerprint density at radius 3 is 2.12 bits per heavy atom. The lowest BCUT2D eigenvalue weighted by Crippen LogP contribution is -2.51. The number of rotatable bonds is 10. The first-order valence-electron chi connectivity index (χ1n) is 11.0. The number of carbonyl (C=O) groups is 3. The van der Waals surface area contributed by atoms with Gasteiger partial charge in [-0.15, -0.1) is 0 Å². The number of fused-ring (bicyclic) bond motifs is 3. The van der Waals surface area contributed by atoms with Crippen LogP contribution in [0.5, 0.6) is 0 Å². The fourth-order valence-corrected chi connectivity index (χ4v) is 4.07. The Hall–Kier alpha value is -3.39. The summed E-state index contributed by atoms with van der Waals surface area (Å²) < 4.78 is 10.5. The third kappa shape index (κ3) is 5.51. The van der Waals surface area contributed by atoms with Crippen molar-refractivity contribution in [1.29, 1.82) is 0 Å². The van der Waals surface area contributed by atoms with Crippen molar-refractivity contribution in [3.8, 4) is 11.1 Å². The molecular weight excluding hydrogens is 424 g/mol. The first kappa shape index (κ1) is 24.3. The Kier molecular flexibility index (Phi) is 8.06. The minimum atomic E-state index is -1.18. The van der Waals surface area contributed by atoms with Crippen molar-refractivity contribution in [2.75, 3.05) is 20.3 Å². The topological polar surface area (TPSA) is 114 Å². The average molecular weight is 455 g/mol. The number of aliphatic carboxylic acids is 1. The third-order valence-corrected chi connectivity index (χ3v) is 6.11. The molecule has 2 aromatic carbocycles. The molecule has 0 spiro atoms. The molecule has 0 aliphatic heterocycles. The molecule has 1 unspecified atom stereocenters. The Morgan fingerprint density at radius 1 is 1.03 bits per heavy atom. The van der Waals surface area contributed by atoms with Crippen LogP contribution in [-0.2, 0) is 19.1 Å². The summed E-state index contributed by atoms with van der Waals surface area (Å²) in [4.78, 5) is 36.3. The smallest absolute Gasteiger partial charge is 0.407 e. The zero-order valence-electron chi connectivity index (χ0n) is 19.0. The molecule has 33 heavy (non-hydrogen) atoms. The molecule has 0 heterocycles. The summed E-state index contributed by atoms with van der Waals surface area (Å²) in [6.07, 6.45) is -0.898. The number of ether oxygens (including phenoxy) is 2. The van der Waals surface area contributed by atoms with Gasteiger partial charge in [-0.05, 0) is 35.6 Å². The van der Waals surface area contributed by atoms with Gasteiger partial charge in [-0.3, -0.25) is 4.79 Å². The maximum atomic E-state index is 12.5. The van der Waals surface area contributed by atoms with Gasteiger partial charge in [-0.1, -0.05) is 55.5 Å². The first-order valence-corrected chi connectivity index (χ1v) is 11.0. The predicted molar refractivity (Wildman–Crippen MR) is 123 cm³/mol. The third-order valence-electron chi connectivity index (χ3n) is 6.11. The van der Waals surface area contributed by atoms with Crippen LogP contribution in [0.25, 0.3) is 11.1 Å². The van der Waals surface area contributed by atoms with Gasteiger partial charge in [0.25, 0.3) is 0 Å². The highest BCUT2D eigenvalue weighted by Crippen LogP contribution is 2.44. The van der Waals surface area contributed by atoms with E-state index in [2.05, 4.69) is 22.8 Å². The van der Waals surface area contributed by atoms with E-state index in [1.165, 1.54) is 7.11 Å². The Morgan fingerprint density at radius 2 is 1.61 bits per heavy atom. The molecule has 2 aromatic rings. The van der Waals surface area contributed by atoms with Crippen LogP contribution in [0.2, 0.25) is 0 Å². The largest absolute Gasteiger partial charge is 0.480 e. The van der Waals surface area contributed by atoms with E-state index in [1.807, 2.05) is 36.4 Å². The minimum absolute atomic E-state index is 0.0344. The Balaban J connectivity index is 1.56. The molecule has 176 valence electrons. The van der Waals surface area contributed by atoms with Crippen LogP contribution in [0.3, 0.4) is 0 Å². The number of methoxy groups -OCH3 is 1. The average Bonchev–Trinajstić information content (AvgIpc) is 3.14. The quantitative estimate of drug-likeness (QED) is 0.508. The fourth-order valence-electron chi connectivity index (χ4n) is 4.07. The molecule has 2 amide bonds. The number of benzene rings is 2. The lowest BCUT2D eigenvalue weighted by molar-refractivity contribution is -0.146. The van der Waals surface area contributed by atoms with E-state index >= 15 is 0 Å². The standard InChI is InChI=1S/C25H30N2O6/c1-4-16(23(28)27-22(24(29)30)15(2)32-3)13-26-25(31)33-14-21-19-11-7-5-9-17(19)18-10-6-8-12-20(18)21/h5-12,15-16,21-22H,4,13-14H2,1-3H3,(H,26,31)(H,27,28)(H,29,30)/t15-,16?,22+/m1/s1. The molecule has 8 nitrogen and oxygen atoms in total. The van der Waals surface area contributed by atoms with Crippen LogP contribution in [0.1, 0.15) is 37.3 Å². The van der Waals surface area contributed by atoms with Crippen molar-refractivity contribution in [2.24, 2.45) is 5.92 Å². The second-order valence-electron chi connectivity index (χ2n) is 8.08. The Bertz CT molecular complexity index is 962. The minimum Gasteiger partial charge on any atom is -0.480 e. The number of nitrogens with one attached hydrogen (secondary N) is 2. The van der Waals surface area contributed by atoms with Gasteiger partial charge in [0.1, 0.15) is 6.61 Å². The maximum Gasteiger partial charge on any atom is 0.407 e. The van der Waals surface area contributed by atoms with E-state index in [0.29, 0.717) is 6.42 Å². The van der Waals surface area contributed by atoms with E-state index in [4.69, 9.17) is 9.47 Å². The van der Waals surface area contributed by atoms with Crippen LogP contribution >= 0.6 is 0 Å². The van der Waals surface area contributed by atoms with Crippen molar-refractivity contribution < 1.29 is 29.0 Å². The number of hydrogen-bond donors (Lipinski definition) is 3. The normalized spacial score (nSPS) is 15.0. The summed E-state index contributed by atoms with van der Waals surface area (Å²) in [7, 11) is 1.38. The second kappa shape index (κ2) is 11.0. The van der Waals surface area contributed by atoms with Gasteiger partial charge in [0.15, 0.2) is 6.04 Å². The molecule has 0 saturated heterocycles. The van der Waals surface area contributed by atoms with E-state index in [1.54, 1.807) is 13.8 Å².